The van der Waals surface area contributed by atoms with Gasteiger partial charge in [0.25, 0.3) is 0 Å². The van der Waals surface area contributed by atoms with Crippen LogP contribution >= 0.6 is 0 Å². The topological polar surface area (TPSA) is 17.1 Å². The number of carbonyl (C=O) groups is 1. The van der Waals surface area contributed by atoms with Crippen molar-refractivity contribution >= 4 is 5.78 Å². The number of hydrogen-bond acceptors (Lipinski definition) is 1. The molecule has 0 heterocycles. The van der Waals surface area contributed by atoms with E-state index in [2.05, 4.69) is 45.0 Å². The second kappa shape index (κ2) is 6.00. The summed E-state index contributed by atoms with van der Waals surface area (Å²) in [6.07, 6.45) is 2.87. The van der Waals surface area contributed by atoms with Gasteiger partial charge in [-0.1, -0.05) is 57.5 Å². The molecule has 0 spiro atoms. The molecule has 17 heavy (non-hydrogen) atoms. The van der Waals surface area contributed by atoms with Crippen molar-refractivity contribution in [2.24, 2.45) is 11.3 Å². The fourth-order valence-electron chi connectivity index (χ4n) is 2.66. The monoisotopic (exact) mass is 232 g/mol. The van der Waals surface area contributed by atoms with E-state index >= 15 is 0 Å². The zero-order valence-electron chi connectivity index (χ0n) is 11.5. The number of ketones is 1. The molecule has 0 aliphatic carbocycles. The van der Waals surface area contributed by atoms with Crippen molar-refractivity contribution in [3.8, 4) is 0 Å². The van der Waals surface area contributed by atoms with Crippen LogP contribution in [0.4, 0.5) is 0 Å². The highest BCUT2D eigenvalue weighted by atomic mass is 16.1. The number of hydrogen-bond donors (Lipinski definition) is 0. The Morgan fingerprint density at radius 3 is 2.29 bits per heavy atom. The number of Topliss-reactive ketones (excluding diaryl/α,β-unsaturated/α-hetero) is 1. The molecular formula is C16H24O. The molecule has 1 nitrogen and oxygen atoms in total. The van der Waals surface area contributed by atoms with Crippen LogP contribution < -0.4 is 0 Å². The van der Waals surface area contributed by atoms with Crippen molar-refractivity contribution in [3.63, 3.8) is 0 Å². The summed E-state index contributed by atoms with van der Waals surface area (Å²) in [7, 11) is 0. The minimum absolute atomic E-state index is 0.0937. The molecule has 1 rings (SSSR count). The summed E-state index contributed by atoms with van der Waals surface area (Å²) >= 11 is 0. The van der Waals surface area contributed by atoms with Crippen LogP contribution in [0.1, 0.15) is 46.1 Å². The van der Waals surface area contributed by atoms with E-state index in [4.69, 9.17) is 0 Å². The maximum atomic E-state index is 11.3. The molecule has 0 aliphatic rings. The van der Waals surface area contributed by atoms with Crippen molar-refractivity contribution in [2.75, 3.05) is 0 Å². The molecule has 0 saturated carbocycles. The van der Waals surface area contributed by atoms with Crippen molar-refractivity contribution in [2.45, 2.75) is 47.0 Å². The van der Waals surface area contributed by atoms with Crippen LogP contribution in [0.15, 0.2) is 30.3 Å². The highest BCUT2D eigenvalue weighted by Crippen LogP contribution is 2.35. The average molecular weight is 232 g/mol. The first-order chi connectivity index (χ1) is 7.95. The summed E-state index contributed by atoms with van der Waals surface area (Å²) in [6.45, 7) is 8.34. The van der Waals surface area contributed by atoms with Crippen LogP contribution in [0.5, 0.6) is 0 Å². The van der Waals surface area contributed by atoms with Gasteiger partial charge in [0, 0.05) is 6.42 Å². The van der Waals surface area contributed by atoms with Crippen molar-refractivity contribution in [1.29, 1.82) is 0 Å². The largest absolute Gasteiger partial charge is 0.300 e. The van der Waals surface area contributed by atoms with E-state index in [9.17, 15) is 4.79 Å². The van der Waals surface area contributed by atoms with Crippen LogP contribution in [0.2, 0.25) is 0 Å². The summed E-state index contributed by atoms with van der Waals surface area (Å²) in [6, 6.07) is 10.6. The minimum atomic E-state index is 0.0937. The van der Waals surface area contributed by atoms with Gasteiger partial charge in [0.05, 0.1) is 0 Å². The van der Waals surface area contributed by atoms with Crippen LogP contribution in [-0.4, -0.2) is 5.78 Å². The highest BCUT2D eigenvalue weighted by Gasteiger charge is 2.29. The van der Waals surface area contributed by atoms with Gasteiger partial charge in [-0.25, -0.2) is 0 Å². The third kappa shape index (κ3) is 4.33. The van der Waals surface area contributed by atoms with Crippen LogP contribution in [0.25, 0.3) is 0 Å². The Kier molecular flexibility index (Phi) is 4.92. The van der Waals surface area contributed by atoms with Gasteiger partial charge in [0.2, 0.25) is 0 Å². The lowest BCUT2D eigenvalue weighted by Gasteiger charge is -2.33. The van der Waals surface area contributed by atoms with E-state index in [-0.39, 0.29) is 5.41 Å². The number of rotatable bonds is 6. The van der Waals surface area contributed by atoms with Gasteiger partial charge in [-0.3, -0.25) is 0 Å². The molecule has 1 aromatic carbocycles. The van der Waals surface area contributed by atoms with E-state index < -0.39 is 0 Å². The van der Waals surface area contributed by atoms with Gasteiger partial charge < -0.3 is 4.79 Å². The van der Waals surface area contributed by atoms with Gasteiger partial charge >= 0.3 is 0 Å². The summed E-state index contributed by atoms with van der Waals surface area (Å²) in [4.78, 5) is 11.3. The molecule has 0 fully saturated rings. The summed E-state index contributed by atoms with van der Waals surface area (Å²) < 4.78 is 0. The number of benzene rings is 1. The smallest absolute Gasteiger partial charge is 0.130 e. The Morgan fingerprint density at radius 2 is 1.82 bits per heavy atom. The molecule has 0 radical (unpaired) electrons. The van der Waals surface area contributed by atoms with E-state index in [1.54, 1.807) is 6.92 Å². The zero-order valence-corrected chi connectivity index (χ0v) is 11.5. The van der Waals surface area contributed by atoms with Crippen molar-refractivity contribution in [3.05, 3.63) is 35.9 Å². The predicted octanol–water partition coefficient (Wildman–Crippen LogP) is 4.26. The quantitative estimate of drug-likeness (QED) is 0.716. The molecule has 94 valence electrons. The van der Waals surface area contributed by atoms with Crippen LogP contribution in [0.3, 0.4) is 0 Å². The molecule has 1 heteroatoms. The third-order valence-corrected chi connectivity index (χ3v) is 3.63. The average Bonchev–Trinajstić information content (AvgIpc) is 2.25. The summed E-state index contributed by atoms with van der Waals surface area (Å²) in [5.74, 6) is 0.857. The van der Waals surface area contributed by atoms with E-state index in [1.165, 1.54) is 5.56 Å². The first-order valence-corrected chi connectivity index (χ1v) is 6.49. The molecule has 0 saturated heterocycles. The molecule has 0 N–H and O–H groups in total. The lowest BCUT2D eigenvalue weighted by Crippen LogP contribution is -2.27. The maximum Gasteiger partial charge on any atom is 0.130 e. The maximum absolute atomic E-state index is 11.3. The van der Waals surface area contributed by atoms with Gasteiger partial charge in [-0.05, 0) is 30.2 Å². The number of carbonyl (C=O) groups excluding carboxylic acids is 1. The fourth-order valence-corrected chi connectivity index (χ4v) is 2.66. The van der Waals surface area contributed by atoms with Gasteiger partial charge in [-0.2, -0.15) is 0 Å². The molecule has 1 aromatic rings. The zero-order chi connectivity index (χ0) is 12.9. The molecule has 0 unspecified atom stereocenters. The predicted molar refractivity (Wildman–Crippen MR) is 73.0 cm³/mol. The normalized spacial score (nSPS) is 13.4. The standard InChI is InChI=1S/C16H24O/c1-5-15(16(3,4)12-13(2)17)11-14-9-7-6-8-10-14/h6-10,15H,5,11-12H2,1-4H3/t15-/m0/s1. The van der Waals surface area contributed by atoms with Gasteiger partial charge in [-0.15, -0.1) is 0 Å². The highest BCUT2D eigenvalue weighted by molar-refractivity contribution is 5.76. The van der Waals surface area contributed by atoms with Crippen LogP contribution in [0, 0.1) is 11.3 Å². The first-order valence-electron chi connectivity index (χ1n) is 6.49. The fraction of sp³-hybridized carbons (Fsp3) is 0.562. The lowest BCUT2D eigenvalue weighted by molar-refractivity contribution is -0.119. The van der Waals surface area contributed by atoms with Crippen molar-refractivity contribution < 1.29 is 4.79 Å². The lowest BCUT2D eigenvalue weighted by atomic mass is 9.71. The second-order valence-corrected chi connectivity index (χ2v) is 5.66. The third-order valence-electron chi connectivity index (χ3n) is 3.63. The van der Waals surface area contributed by atoms with Crippen molar-refractivity contribution in [1.82, 2.24) is 0 Å². The van der Waals surface area contributed by atoms with E-state index in [0.29, 0.717) is 18.1 Å². The summed E-state index contributed by atoms with van der Waals surface area (Å²) in [5, 5.41) is 0. The van der Waals surface area contributed by atoms with E-state index in [0.717, 1.165) is 12.8 Å². The van der Waals surface area contributed by atoms with Gasteiger partial charge in [0.1, 0.15) is 5.78 Å². The van der Waals surface area contributed by atoms with E-state index in [1.807, 2.05) is 6.07 Å². The van der Waals surface area contributed by atoms with Crippen LogP contribution in [-0.2, 0) is 11.2 Å². The molecule has 0 bridgehead atoms. The molecule has 0 amide bonds. The minimum Gasteiger partial charge on any atom is -0.300 e. The Labute approximate surface area is 105 Å². The molecule has 1 atom stereocenters. The Hall–Kier alpha value is -1.11. The summed E-state index contributed by atoms with van der Waals surface area (Å²) in [5.41, 5.74) is 1.46. The Balaban J connectivity index is 2.74. The van der Waals surface area contributed by atoms with Gasteiger partial charge in [0.15, 0.2) is 0 Å². The Morgan fingerprint density at radius 1 is 1.24 bits per heavy atom. The molecule has 0 aliphatic heterocycles. The SMILES string of the molecule is CC[C@@H](Cc1ccccc1)C(C)(C)CC(C)=O. The first kappa shape index (κ1) is 14.0. The second-order valence-electron chi connectivity index (χ2n) is 5.66. The molecular weight excluding hydrogens is 208 g/mol. The molecule has 0 aromatic heterocycles. The Bertz CT molecular complexity index is 351.